The Kier molecular flexibility index (Phi) is 6.94. The number of rotatable bonds is 8. The second-order valence-electron chi connectivity index (χ2n) is 7.12. The molecule has 0 bridgehead atoms. The summed E-state index contributed by atoms with van der Waals surface area (Å²) in [6.45, 7) is -0.833. The Morgan fingerprint density at radius 3 is 2.39 bits per heavy atom. The minimum Gasteiger partial charge on any atom is -0.481 e. The smallest absolute Gasteiger partial charge is 0.341 e. The number of carboxylic acids is 1. The zero-order chi connectivity index (χ0) is 24.3. The van der Waals surface area contributed by atoms with Gasteiger partial charge in [0, 0.05) is 24.8 Å². The lowest BCUT2D eigenvalue weighted by Crippen LogP contribution is -2.26. The third-order valence-electron chi connectivity index (χ3n) is 4.63. The van der Waals surface area contributed by atoms with Crippen LogP contribution in [0.3, 0.4) is 0 Å². The first-order valence-electron chi connectivity index (χ1n) is 9.42. The van der Waals surface area contributed by atoms with Gasteiger partial charge in [-0.25, -0.2) is 26.4 Å². The van der Waals surface area contributed by atoms with Gasteiger partial charge in [-0.05, 0) is 59.7 Å². The number of carbonyl (C=O) groups is 1. The highest BCUT2D eigenvalue weighted by atomic mass is 32.2. The fourth-order valence-electron chi connectivity index (χ4n) is 3.09. The van der Waals surface area contributed by atoms with Crippen LogP contribution in [0.5, 0.6) is 5.75 Å². The van der Waals surface area contributed by atoms with E-state index in [1.165, 1.54) is 37.4 Å². The number of sulfonamides is 1. The van der Waals surface area contributed by atoms with Crippen LogP contribution in [0.4, 0.5) is 18.9 Å². The Bertz CT molecular complexity index is 1300. The average molecular weight is 480 g/mol. The van der Waals surface area contributed by atoms with E-state index in [0.29, 0.717) is 22.8 Å². The largest absolute Gasteiger partial charge is 0.481 e. The summed E-state index contributed by atoms with van der Waals surface area (Å²) < 4.78 is 72.4. The minimum atomic E-state index is -4.16. The third kappa shape index (κ3) is 5.62. The second kappa shape index (κ2) is 9.51. The quantitative estimate of drug-likeness (QED) is 0.477. The Morgan fingerprint density at radius 2 is 1.76 bits per heavy atom. The number of aliphatic carboxylic acids is 1. The van der Waals surface area contributed by atoms with Crippen molar-refractivity contribution in [3.05, 3.63) is 77.6 Å². The van der Waals surface area contributed by atoms with Crippen LogP contribution in [0.2, 0.25) is 0 Å². The first kappa shape index (κ1) is 24.1. The van der Waals surface area contributed by atoms with Gasteiger partial charge in [-0.15, -0.1) is 0 Å². The molecule has 0 saturated heterocycles. The van der Waals surface area contributed by atoms with Crippen LogP contribution in [0.1, 0.15) is 5.56 Å². The van der Waals surface area contributed by atoms with E-state index in [4.69, 9.17) is 15.6 Å². The zero-order valence-electron chi connectivity index (χ0n) is 17.3. The van der Waals surface area contributed by atoms with Crippen LogP contribution in [0.25, 0.3) is 11.1 Å². The monoisotopic (exact) mass is 480 g/mol. The van der Waals surface area contributed by atoms with Crippen molar-refractivity contribution in [2.75, 3.05) is 19.4 Å². The van der Waals surface area contributed by atoms with Crippen molar-refractivity contribution < 1.29 is 36.2 Å². The summed E-state index contributed by atoms with van der Waals surface area (Å²) in [5, 5.41) is 8.90. The molecule has 3 aromatic carbocycles. The maximum Gasteiger partial charge on any atom is 0.341 e. The Balaban J connectivity index is 1.97. The van der Waals surface area contributed by atoms with Gasteiger partial charge in [0.1, 0.15) is 11.6 Å². The normalized spacial score (nSPS) is 11.5. The van der Waals surface area contributed by atoms with E-state index in [1.54, 1.807) is 0 Å². The predicted molar refractivity (Wildman–Crippen MR) is 114 cm³/mol. The highest BCUT2D eigenvalue weighted by molar-refractivity contribution is 7.89. The minimum absolute atomic E-state index is 0.122. The van der Waals surface area contributed by atoms with E-state index >= 15 is 0 Å². The lowest BCUT2D eigenvalue weighted by Gasteiger charge is -2.19. The molecule has 3 aromatic rings. The molecule has 7 nitrogen and oxygen atoms in total. The standard InChI is InChI=1S/C22H19F3N2O5S/c1-27(33(30,31)17-3-4-19(24)20(25)10-17)11-13-2-5-21(32-12-22(28)29)18(6-13)14-7-15(23)9-16(26)8-14/h2-10H,11-12,26H2,1H3,(H,28,29). The van der Waals surface area contributed by atoms with E-state index in [-0.39, 0.29) is 18.0 Å². The van der Waals surface area contributed by atoms with Crippen LogP contribution in [0, 0.1) is 17.5 Å². The molecule has 3 N–H and O–H groups in total. The van der Waals surface area contributed by atoms with E-state index < -0.39 is 44.9 Å². The van der Waals surface area contributed by atoms with Gasteiger partial charge in [0.25, 0.3) is 0 Å². The second-order valence-corrected chi connectivity index (χ2v) is 9.17. The summed E-state index contributed by atoms with van der Waals surface area (Å²) in [5.74, 6) is -4.20. The first-order chi connectivity index (χ1) is 15.5. The Hall–Kier alpha value is -3.57. The molecule has 0 aliphatic rings. The van der Waals surface area contributed by atoms with Gasteiger partial charge in [-0.3, -0.25) is 0 Å². The maximum atomic E-state index is 13.9. The topological polar surface area (TPSA) is 110 Å². The van der Waals surface area contributed by atoms with Crippen molar-refractivity contribution in [3.8, 4) is 16.9 Å². The number of hydrogen-bond donors (Lipinski definition) is 2. The maximum absolute atomic E-state index is 13.9. The van der Waals surface area contributed by atoms with Crippen molar-refractivity contribution in [1.82, 2.24) is 4.31 Å². The fraction of sp³-hybridized carbons (Fsp3) is 0.136. The third-order valence-corrected chi connectivity index (χ3v) is 6.43. The Labute approximate surface area is 187 Å². The summed E-state index contributed by atoms with van der Waals surface area (Å²) in [7, 11) is -2.91. The van der Waals surface area contributed by atoms with E-state index in [1.807, 2.05) is 0 Å². The molecule has 174 valence electrons. The van der Waals surface area contributed by atoms with Crippen LogP contribution < -0.4 is 10.5 Å². The van der Waals surface area contributed by atoms with Gasteiger partial charge in [-0.2, -0.15) is 4.31 Å². The number of nitrogen functional groups attached to an aromatic ring is 1. The summed E-state index contributed by atoms with van der Waals surface area (Å²) in [5.41, 5.74) is 6.85. The SMILES string of the molecule is CN(Cc1ccc(OCC(=O)O)c(-c2cc(N)cc(F)c2)c1)S(=O)(=O)c1ccc(F)c(F)c1. The number of nitrogens with zero attached hydrogens (tertiary/aromatic N) is 1. The molecule has 0 amide bonds. The van der Waals surface area contributed by atoms with Crippen molar-refractivity contribution >= 4 is 21.7 Å². The van der Waals surface area contributed by atoms with Gasteiger partial charge in [0.15, 0.2) is 18.2 Å². The highest BCUT2D eigenvalue weighted by Gasteiger charge is 2.23. The molecule has 0 saturated carbocycles. The van der Waals surface area contributed by atoms with Crippen LogP contribution >= 0.6 is 0 Å². The molecule has 0 unspecified atom stereocenters. The molecule has 0 spiro atoms. The fourth-order valence-corrected chi connectivity index (χ4v) is 4.26. The average Bonchev–Trinajstić information content (AvgIpc) is 2.73. The van der Waals surface area contributed by atoms with Gasteiger partial charge >= 0.3 is 5.97 Å². The van der Waals surface area contributed by atoms with Crippen molar-refractivity contribution in [2.24, 2.45) is 0 Å². The molecule has 0 aliphatic carbocycles. The molecule has 0 radical (unpaired) electrons. The molecular weight excluding hydrogens is 461 g/mol. The van der Waals surface area contributed by atoms with Crippen LogP contribution in [0.15, 0.2) is 59.5 Å². The number of carboxylic acid groups (broad SMARTS) is 1. The number of hydrogen-bond acceptors (Lipinski definition) is 5. The molecule has 0 heterocycles. The number of ether oxygens (including phenoxy) is 1. The first-order valence-corrected chi connectivity index (χ1v) is 10.9. The summed E-state index contributed by atoms with van der Waals surface area (Å²) in [6.07, 6.45) is 0. The highest BCUT2D eigenvalue weighted by Crippen LogP contribution is 2.33. The van der Waals surface area contributed by atoms with Crippen molar-refractivity contribution in [2.45, 2.75) is 11.4 Å². The lowest BCUT2D eigenvalue weighted by molar-refractivity contribution is -0.139. The number of halogens is 3. The molecule has 0 aromatic heterocycles. The molecule has 0 atom stereocenters. The predicted octanol–water partition coefficient (Wildman–Crippen LogP) is 3.64. The van der Waals surface area contributed by atoms with Crippen molar-refractivity contribution in [1.29, 1.82) is 0 Å². The van der Waals surface area contributed by atoms with Crippen molar-refractivity contribution in [3.63, 3.8) is 0 Å². The summed E-state index contributed by atoms with van der Waals surface area (Å²) in [6, 6.07) is 10.4. The molecule has 3 rings (SSSR count). The van der Waals surface area contributed by atoms with Crippen LogP contribution in [-0.4, -0.2) is 37.5 Å². The number of benzene rings is 3. The Morgan fingerprint density at radius 1 is 1.03 bits per heavy atom. The van der Waals surface area contributed by atoms with Gasteiger partial charge < -0.3 is 15.6 Å². The number of anilines is 1. The van der Waals surface area contributed by atoms with E-state index in [9.17, 15) is 26.4 Å². The van der Waals surface area contributed by atoms with Gasteiger partial charge in [-0.1, -0.05) is 6.07 Å². The van der Waals surface area contributed by atoms with Gasteiger partial charge in [0.05, 0.1) is 4.90 Å². The molecular formula is C22H19F3N2O5S. The van der Waals surface area contributed by atoms with E-state index in [2.05, 4.69) is 0 Å². The zero-order valence-corrected chi connectivity index (χ0v) is 18.1. The number of nitrogens with two attached hydrogens (primary N) is 1. The molecule has 33 heavy (non-hydrogen) atoms. The lowest BCUT2D eigenvalue weighted by atomic mass is 10.0. The van der Waals surface area contributed by atoms with Gasteiger partial charge in [0.2, 0.25) is 10.0 Å². The molecule has 0 aliphatic heterocycles. The molecule has 0 fully saturated rings. The summed E-state index contributed by atoms with van der Waals surface area (Å²) in [4.78, 5) is 10.5. The summed E-state index contributed by atoms with van der Waals surface area (Å²) >= 11 is 0. The molecule has 11 heteroatoms. The van der Waals surface area contributed by atoms with E-state index in [0.717, 1.165) is 22.5 Å². The van der Waals surface area contributed by atoms with Crippen LogP contribution in [-0.2, 0) is 21.4 Å².